The highest BCUT2D eigenvalue weighted by molar-refractivity contribution is 4.53. The maximum atomic E-state index is 5.54. The van der Waals surface area contributed by atoms with Gasteiger partial charge in [-0.05, 0) is 19.3 Å². The Bertz CT molecular complexity index is 69.1. The van der Waals surface area contributed by atoms with Gasteiger partial charge >= 0.3 is 0 Å². The quantitative estimate of drug-likeness (QED) is 0.539. The van der Waals surface area contributed by atoms with Gasteiger partial charge in [0.15, 0.2) is 0 Å². The summed E-state index contributed by atoms with van der Waals surface area (Å²) in [6.07, 6.45) is 2.84. The van der Waals surface area contributed by atoms with Crippen LogP contribution >= 0.6 is 0 Å². The van der Waals surface area contributed by atoms with E-state index in [1.165, 1.54) is 12.8 Å². The molecule has 0 heterocycles. The van der Waals surface area contributed by atoms with Crippen molar-refractivity contribution in [3.63, 3.8) is 0 Å². The molecule has 62 valence electrons. The predicted molar refractivity (Wildman–Crippen MR) is 45.2 cm³/mol. The van der Waals surface area contributed by atoms with Gasteiger partial charge in [-0.2, -0.15) is 0 Å². The highest BCUT2D eigenvalue weighted by Gasteiger charge is 2.05. The van der Waals surface area contributed by atoms with Crippen LogP contribution < -0.4 is 0 Å². The third-order valence-electron chi connectivity index (χ3n) is 1.82. The van der Waals surface area contributed by atoms with Gasteiger partial charge in [0.25, 0.3) is 0 Å². The van der Waals surface area contributed by atoms with Crippen LogP contribution in [-0.4, -0.2) is 12.7 Å². The molecule has 1 atom stereocenters. The highest BCUT2D eigenvalue weighted by Crippen LogP contribution is 2.05. The molecular formula is C9H20O. The Morgan fingerprint density at radius 3 is 2.20 bits per heavy atom. The van der Waals surface area contributed by atoms with Crippen molar-refractivity contribution in [1.29, 1.82) is 0 Å². The normalized spacial score (nSPS) is 14.1. The number of hydrogen-bond donors (Lipinski definition) is 0. The fourth-order valence-corrected chi connectivity index (χ4v) is 0.606. The first-order valence-corrected chi connectivity index (χ1v) is 4.30. The molecule has 0 aromatic carbocycles. The van der Waals surface area contributed by atoms with Crippen molar-refractivity contribution < 1.29 is 4.74 Å². The second kappa shape index (κ2) is 5.72. The number of hydrogen-bond acceptors (Lipinski definition) is 1. The third kappa shape index (κ3) is 4.80. The molecule has 0 aliphatic heterocycles. The molecule has 0 rings (SSSR count). The largest absolute Gasteiger partial charge is 0.378 e. The summed E-state index contributed by atoms with van der Waals surface area (Å²) in [6, 6.07) is 0. The van der Waals surface area contributed by atoms with Crippen molar-refractivity contribution in [1.82, 2.24) is 0 Å². The lowest BCUT2D eigenvalue weighted by Gasteiger charge is -2.15. The maximum absolute atomic E-state index is 5.54. The second-order valence-electron chi connectivity index (χ2n) is 3.17. The van der Waals surface area contributed by atoms with Crippen LogP contribution in [0, 0.1) is 5.92 Å². The summed E-state index contributed by atoms with van der Waals surface area (Å²) in [5, 5.41) is 0. The highest BCUT2D eigenvalue weighted by atomic mass is 16.5. The first kappa shape index (κ1) is 9.96. The van der Waals surface area contributed by atoms with Gasteiger partial charge in [-0.1, -0.05) is 27.2 Å². The first-order chi connectivity index (χ1) is 4.68. The molecule has 0 radical (unpaired) electrons. The average Bonchev–Trinajstić information content (AvgIpc) is 1.88. The van der Waals surface area contributed by atoms with Crippen molar-refractivity contribution in [3.8, 4) is 0 Å². The van der Waals surface area contributed by atoms with Crippen molar-refractivity contribution in [2.24, 2.45) is 5.92 Å². The number of ether oxygens (including phenoxy) is 1. The molecule has 0 aliphatic carbocycles. The van der Waals surface area contributed by atoms with Crippen LogP contribution in [-0.2, 0) is 4.74 Å². The molecule has 0 spiro atoms. The summed E-state index contributed by atoms with van der Waals surface area (Å²) < 4.78 is 5.54. The van der Waals surface area contributed by atoms with E-state index in [0.717, 1.165) is 6.61 Å². The van der Waals surface area contributed by atoms with E-state index >= 15 is 0 Å². The Kier molecular flexibility index (Phi) is 5.70. The Morgan fingerprint density at radius 1 is 1.20 bits per heavy atom. The fourth-order valence-electron chi connectivity index (χ4n) is 0.606. The van der Waals surface area contributed by atoms with Crippen LogP contribution in [0.3, 0.4) is 0 Å². The Balaban J connectivity index is 3.13. The molecule has 0 saturated carbocycles. The summed E-state index contributed by atoms with van der Waals surface area (Å²) in [7, 11) is 0. The maximum Gasteiger partial charge on any atom is 0.0569 e. The van der Waals surface area contributed by atoms with E-state index in [9.17, 15) is 0 Å². The topological polar surface area (TPSA) is 9.23 Å². The lowest BCUT2D eigenvalue weighted by Crippen LogP contribution is -2.15. The van der Waals surface area contributed by atoms with Crippen LogP contribution in [0.1, 0.15) is 40.5 Å². The predicted octanol–water partition coefficient (Wildman–Crippen LogP) is 2.85. The minimum absolute atomic E-state index is 0.423. The zero-order chi connectivity index (χ0) is 7.98. The monoisotopic (exact) mass is 144 g/mol. The minimum atomic E-state index is 0.423. The van der Waals surface area contributed by atoms with E-state index in [1.54, 1.807) is 0 Å². The Morgan fingerprint density at radius 2 is 1.80 bits per heavy atom. The molecule has 0 saturated heterocycles. The molecule has 10 heavy (non-hydrogen) atoms. The van der Waals surface area contributed by atoms with Gasteiger partial charge in [-0.15, -0.1) is 0 Å². The van der Waals surface area contributed by atoms with Crippen LogP contribution in [0.5, 0.6) is 0 Å². The average molecular weight is 144 g/mol. The van der Waals surface area contributed by atoms with Crippen LogP contribution in [0.15, 0.2) is 0 Å². The van der Waals surface area contributed by atoms with E-state index < -0.39 is 0 Å². The van der Waals surface area contributed by atoms with E-state index in [1.807, 2.05) is 0 Å². The van der Waals surface area contributed by atoms with Crippen LogP contribution in [0.2, 0.25) is 0 Å². The van der Waals surface area contributed by atoms with Gasteiger partial charge in [0.2, 0.25) is 0 Å². The first-order valence-electron chi connectivity index (χ1n) is 4.30. The molecular weight excluding hydrogens is 124 g/mol. The molecule has 1 nitrogen and oxygen atoms in total. The molecule has 0 bridgehead atoms. The summed E-state index contributed by atoms with van der Waals surface area (Å²) in [5.74, 6) is 0.650. The number of rotatable bonds is 5. The molecule has 0 fully saturated rings. The van der Waals surface area contributed by atoms with Gasteiger partial charge < -0.3 is 4.74 Å². The summed E-state index contributed by atoms with van der Waals surface area (Å²) >= 11 is 0. The van der Waals surface area contributed by atoms with Crippen molar-refractivity contribution >= 4 is 0 Å². The lowest BCUT2D eigenvalue weighted by molar-refractivity contribution is 0.0339. The van der Waals surface area contributed by atoms with Crippen LogP contribution in [0.25, 0.3) is 0 Å². The van der Waals surface area contributed by atoms with Gasteiger partial charge in [-0.25, -0.2) is 0 Å². The zero-order valence-electron chi connectivity index (χ0n) is 7.68. The van der Waals surface area contributed by atoms with Gasteiger partial charge in [0, 0.05) is 6.61 Å². The Hall–Kier alpha value is -0.0400. The van der Waals surface area contributed by atoms with E-state index in [0.29, 0.717) is 12.0 Å². The standard InChI is InChI=1S/C9H20O/c1-5-6-7-10-9(4)8(2)3/h8-9H,5-7H2,1-4H3. The van der Waals surface area contributed by atoms with Gasteiger partial charge in [0.1, 0.15) is 0 Å². The smallest absolute Gasteiger partial charge is 0.0569 e. The van der Waals surface area contributed by atoms with Crippen molar-refractivity contribution in [3.05, 3.63) is 0 Å². The van der Waals surface area contributed by atoms with Gasteiger partial charge in [-0.3, -0.25) is 0 Å². The summed E-state index contributed by atoms with van der Waals surface area (Å²) in [6.45, 7) is 9.63. The summed E-state index contributed by atoms with van der Waals surface area (Å²) in [5.41, 5.74) is 0. The molecule has 0 aromatic rings. The Labute approximate surface area is 64.8 Å². The van der Waals surface area contributed by atoms with E-state index in [4.69, 9.17) is 4.74 Å². The zero-order valence-corrected chi connectivity index (χ0v) is 7.68. The number of unbranched alkanes of at least 4 members (excludes halogenated alkanes) is 1. The fraction of sp³-hybridized carbons (Fsp3) is 1.00. The lowest BCUT2D eigenvalue weighted by atomic mass is 10.1. The molecule has 1 unspecified atom stereocenters. The van der Waals surface area contributed by atoms with Crippen LogP contribution in [0.4, 0.5) is 0 Å². The molecule has 0 aliphatic rings. The SMILES string of the molecule is CCCCOC(C)C(C)C. The molecule has 0 aromatic heterocycles. The minimum Gasteiger partial charge on any atom is -0.378 e. The second-order valence-corrected chi connectivity index (χ2v) is 3.17. The van der Waals surface area contributed by atoms with E-state index in [2.05, 4.69) is 27.7 Å². The molecule has 1 heteroatoms. The molecule has 0 N–H and O–H groups in total. The van der Waals surface area contributed by atoms with Crippen molar-refractivity contribution in [2.45, 2.75) is 46.6 Å². The van der Waals surface area contributed by atoms with E-state index in [-0.39, 0.29) is 0 Å². The van der Waals surface area contributed by atoms with Gasteiger partial charge in [0.05, 0.1) is 6.10 Å². The third-order valence-corrected chi connectivity index (χ3v) is 1.82. The summed E-state index contributed by atoms with van der Waals surface area (Å²) in [4.78, 5) is 0. The molecule has 0 amide bonds. The van der Waals surface area contributed by atoms with Crippen molar-refractivity contribution in [2.75, 3.05) is 6.61 Å².